The maximum absolute atomic E-state index is 9.45. The Hall–Kier alpha value is -0.910. The Labute approximate surface area is 101 Å². The van der Waals surface area contributed by atoms with Crippen LogP contribution in [0.25, 0.3) is 10.9 Å². The number of H-pyrrole nitrogens is 1. The molecule has 5 heteroatoms. The molecule has 0 saturated carbocycles. The van der Waals surface area contributed by atoms with Crippen LogP contribution in [-0.2, 0) is 4.74 Å². The van der Waals surface area contributed by atoms with Crippen molar-refractivity contribution in [3.8, 4) is 0 Å². The third-order valence-electron chi connectivity index (χ3n) is 2.87. The number of rotatable bonds is 1. The van der Waals surface area contributed by atoms with E-state index in [1.54, 1.807) is 6.20 Å². The molecule has 0 aliphatic carbocycles. The zero-order valence-electron chi connectivity index (χ0n) is 8.48. The zero-order chi connectivity index (χ0) is 11.1. The van der Waals surface area contributed by atoms with Crippen molar-refractivity contribution in [2.24, 2.45) is 0 Å². The fourth-order valence-electron chi connectivity index (χ4n) is 2.06. The molecule has 2 N–H and O–H groups in total. The van der Waals surface area contributed by atoms with Crippen LogP contribution in [0.1, 0.15) is 18.1 Å². The highest BCUT2D eigenvalue weighted by Gasteiger charge is 2.25. The second-order valence-electron chi connectivity index (χ2n) is 4.05. The van der Waals surface area contributed by atoms with Crippen LogP contribution < -0.4 is 0 Å². The van der Waals surface area contributed by atoms with Gasteiger partial charge in [-0.2, -0.15) is 5.10 Å². The van der Waals surface area contributed by atoms with Gasteiger partial charge in [0.1, 0.15) is 0 Å². The van der Waals surface area contributed by atoms with Gasteiger partial charge in [-0.3, -0.25) is 5.10 Å². The molecule has 0 radical (unpaired) electrons. The predicted octanol–water partition coefficient (Wildman–Crippen LogP) is 2.15. The second-order valence-corrected chi connectivity index (χ2v) is 4.90. The highest BCUT2D eigenvalue weighted by atomic mass is 79.9. The van der Waals surface area contributed by atoms with Crippen molar-refractivity contribution in [2.45, 2.75) is 18.6 Å². The Morgan fingerprint density at radius 3 is 3.12 bits per heavy atom. The summed E-state index contributed by atoms with van der Waals surface area (Å²) in [7, 11) is 0. The van der Waals surface area contributed by atoms with E-state index >= 15 is 0 Å². The van der Waals surface area contributed by atoms with Crippen LogP contribution in [-0.4, -0.2) is 28.0 Å². The van der Waals surface area contributed by atoms with Gasteiger partial charge in [-0.1, -0.05) is 0 Å². The van der Waals surface area contributed by atoms with Gasteiger partial charge >= 0.3 is 0 Å². The average Bonchev–Trinajstić information content (AvgIpc) is 2.85. The standard InChI is InChI=1S/C11H11BrN2O2/c12-9-2-6(10-3-8(15)5-16-10)1-7-4-13-14-11(7)9/h1-2,4,8,10,15H,3,5H2,(H,13,14)/t8-,10?/m0/s1. The Bertz CT molecular complexity index is 526. The predicted molar refractivity (Wildman–Crippen MR) is 63.1 cm³/mol. The minimum atomic E-state index is -0.344. The van der Waals surface area contributed by atoms with E-state index in [0.717, 1.165) is 20.9 Å². The molecule has 1 aromatic heterocycles. The summed E-state index contributed by atoms with van der Waals surface area (Å²) < 4.78 is 6.50. The summed E-state index contributed by atoms with van der Waals surface area (Å²) in [6.07, 6.45) is 2.10. The summed E-state index contributed by atoms with van der Waals surface area (Å²) in [6.45, 7) is 0.422. The number of aliphatic hydroxyl groups excluding tert-OH is 1. The molecule has 2 atom stereocenters. The Kier molecular flexibility index (Phi) is 2.46. The lowest BCUT2D eigenvalue weighted by molar-refractivity contribution is 0.0889. The van der Waals surface area contributed by atoms with Crippen LogP contribution in [0.2, 0.25) is 0 Å². The van der Waals surface area contributed by atoms with E-state index in [9.17, 15) is 5.11 Å². The minimum Gasteiger partial charge on any atom is -0.391 e. The molecule has 3 rings (SSSR count). The van der Waals surface area contributed by atoms with Gasteiger partial charge in [-0.15, -0.1) is 0 Å². The van der Waals surface area contributed by atoms with Crippen molar-refractivity contribution in [3.05, 3.63) is 28.4 Å². The molecule has 84 valence electrons. The van der Waals surface area contributed by atoms with E-state index in [2.05, 4.69) is 26.1 Å². The first-order valence-corrected chi connectivity index (χ1v) is 5.95. The van der Waals surface area contributed by atoms with Crippen molar-refractivity contribution in [2.75, 3.05) is 6.61 Å². The Morgan fingerprint density at radius 1 is 1.50 bits per heavy atom. The van der Waals surface area contributed by atoms with Crippen LogP contribution in [0, 0.1) is 0 Å². The Morgan fingerprint density at radius 2 is 2.38 bits per heavy atom. The van der Waals surface area contributed by atoms with E-state index in [-0.39, 0.29) is 12.2 Å². The molecule has 1 aliphatic heterocycles. The number of aromatic nitrogens is 2. The third-order valence-corrected chi connectivity index (χ3v) is 3.50. The fraction of sp³-hybridized carbons (Fsp3) is 0.364. The maximum Gasteiger partial charge on any atom is 0.0852 e. The lowest BCUT2D eigenvalue weighted by atomic mass is 10.0. The summed E-state index contributed by atoms with van der Waals surface area (Å²) in [5.74, 6) is 0. The van der Waals surface area contributed by atoms with E-state index in [1.807, 2.05) is 12.1 Å². The number of halogens is 1. The van der Waals surface area contributed by atoms with Gasteiger partial charge in [0.2, 0.25) is 0 Å². The number of hydrogen-bond acceptors (Lipinski definition) is 3. The average molecular weight is 283 g/mol. The third kappa shape index (κ3) is 1.65. The molecule has 16 heavy (non-hydrogen) atoms. The van der Waals surface area contributed by atoms with Gasteiger partial charge in [-0.25, -0.2) is 0 Å². The number of hydrogen-bond donors (Lipinski definition) is 2. The summed E-state index contributed by atoms with van der Waals surface area (Å²) in [5, 5.41) is 17.4. The first kappa shape index (κ1) is 10.3. The molecule has 1 unspecified atom stereocenters. The van der Waals surface area contributed by atoms with E-state index < -0.39 is 0 Å². The lowest BCUT2D eigenvalue weighted by Gasteiger charge is -2.10. The van der Waals surface area contributed by atoms with Gasteiger partial charge in [0.05, 0.1) is 30.5 Å². The van der Waals surface area contributed by atoms with Crippen LogP contribution in [0.15, 0.2) is 22.8 Å². The molecular formula is C11H11BrN2O2. The molecule has 2 aromatic rings. The number of benzene rings is 1. The number of ether oxygens (including phenoxy) is 1. The maximum atomic E-state index is 9.45. The normalized spacial score (nSPS) is 25.4. The lowest BCUT2D eigenvalue weighted by Crippen LogP contribution is -2.02. The van der Waals surface area contributed by atoms with Gasteiger partial charge in [0.25, 0.3) is 0 Å². The highest BCUT2D eigenvalue weighted by molar-refractivity contribution is 9.10. The smallest absolute Gasteiger partial charge is 0.0852 e. The minimum absolute atomic E-state index is 0.00870. The van der Waals surface area contributed by atoms with Gasteiger partial charge in [0, 0.05) is 16.3 Å². The van der Waals surface area contributed by atoms with Crippen LogP contribution >= 0.6 is 15.9 Å². The molecule has 0 bridgehead atoms. The second kappa shape index (κ2) is 3.84. The van der Waals surface area contributed by atoms with Gasteiger partial charge in [0.15, 0.2) is 0 Å². The number of nitrogens with one attached hydrogen (secondary N) is 1. The molecule has 1 fully saturated rings. The fourth-order valence-corrected chi connectivity index (χ4v) is 2.65. The van der Waals surface area contributed by atoms with Crippen molar-refractivity contribution >= 4 is 26.8 Å². The van der Waals surface area contributed by atoms with Crippen molar-refractivity contribution in [3.63, 3.8) is 0 Å². The number of aliphatic hydroxyl groups is 1. The van der Waals surface area contributed by atoms with Gasteiger partial charge < -0.3 is 9.84 Å². The molecule has 2 heterocycles. The number of fused-ring (bicyclic) bond motifs is 1. The van der Waals surface area contributed by atoms with E-state index in [1.165, 1.54) is 0 Å². The quantitative estimate of drug-likeness (QED) is 0.843. The first-order valence-electron chi connectivity index (χ1n) is 5.16. The zero-order valence-corrected chi connectivity index (χ0v) is 10.1. The number of aromatic amines is 1. The van der Waals surface area contributed by atoms with E-state index in [4.69, 9.17) is 4.74 Å². The van der Waals surface area contributed by atoms with E-state index in [0.29, 0.717) is 13.0 Å². The summed E-state index contributed by atoms with van der Waals surface area (Å²) in [4.78, 5) is 0. The molecule has 1 saturated heterocycles. The van der Waals surface area contributed by atoms with Crippen LogP contribution in [0.4, 0.5) is 0 Å². The SMILES string of the molecule is O[C@@H]1COC(c2cc(Br)c3[nH]ncc3c2)C1. The van der Waals surface area contributed by atoms with Crippen molar-refractivity contribution in [1.82, 2.24) is 10.2 Å². The number of nitrogens with zero attached hydrogens (tertiary/aromatic N) is 1. The molecule has 4 nitrogen and oxygen atoms in total. The molecule has 0 spiro atoms. The van der Waals surface area contributed by atoms with Crippen molar-refractivity contribution < 1.29 is 9.84 Å². The van der Waals surface area contributed by atoms with Crippen molar-refractivity contribution in [1.29, 1.82) is 0 Å². The molecule has 0 amide bonds. The van der Waals surface area contributed by atoms with Gasteiger partial charge in [-0.05, 0) is 33.6 Å². The Balaban J connectivity index is 2.04. The largest absolute Gasteiger partial charge is 0.391 e. The first-order chi connectivity index (χ1) is 7.74. The monoisotopic (exact) mass is 282 g/mol. The molecule has 1 aromatic carbocycles. The summed E-state index contributed by atoms with van der Waals surface area (Å²) in [5.41, 5.74) is 2.07. The summed E-state index contributed by atoms with van der Waals surface area (Å²) in [6, 6.07) is 4.06. The molecule has 1 aliphatic rings. The van der Waals surface area contributed by atoms with Crippen LogP contribution in [0.3, 0.4) is 0 Å². The highest BCUT2D eigenvalue weighted by Crippen LogP contribution is 2.33. The molecular weight excluding hydrogens is 272 g/mol. The topological polar surface area (TPSA) is 58.1 Å². The summed E-state index contributed by atoms with van der Waals surface area (Å²) >= 11 is 3.50. The van der Waals surface area contributed by atoms with Crippen LogP contribution in [0.5, 0.6) is 0 Å².